The predicted octanol–water partition coefficient (Wildman–Crippen LogP) is 9.43. The van der Waals surface area contributed by atoms with Crippen molar-refractivity contribution >= 4 is 17.8 Å². The third kappa shape index (κ3) is 31.7. The molecule has 0 heterocycles. The van der Waals surface area contributed by atoms with Crippen molar-refractivity contribution in [2.45, 2.75) is 206 Å². The Hall–Kier alpha value is -2.07. The maximum Gasteiger partial charge on any atom is 0.306 e. The molecule has 1 amide bonds. The molecule has 2 atom stereocenters. The van der Waals surface area contributed by atoms with Crippen LogP contribution < -0.4 is 5.32 Å². The minimum Gasteiger partial charge on any atom is -0.481 e. The van der Waals surface area contributed by atoms with E-state index in [1.165, 1.54) is 122 Å². The van der Waals surface area contributed by atoms with Crippen LogP contribution in [0.25, 0.3) is 0 Å². The molecule has 0 saturated carbocycles. The van der Waals surface area contributed by atoms with Gasteiger partial charge < -0.3 is 20.3 Å². The van der Waals surface area contributed by atoms with E-state index in [1.807, 2.05) is 0 Å². The minimum absolute atomic E-state index is 0.198. The molecule has 7 nitrogen and oxygen atoms in total. The van der Waals surface area contributed by atoms with Crippen LogP contribution in [0.1, 0.15) is 194 Å². The SMILES string of the molecule is CCCCCCCCCCCCCC#C[C@@H](O)[C@H](COC(=O)CCC(=O)O)NC(=O)CCCCCCCCCCCCCCC. The molecule has 7 heteroatoms. The summed E-state index contributed by atoms with van der Waals surface area (Å²) >= 11 is 0. The topological polar surface area (TPSA) is 113 Å². The van der Waals surface area contributed by atoms with Gasteiger partial charge in [0.1, 0.15) is 18.8 Å². The number of aliphatic carboxylic acids is 1. The van der Waals surface area contributed by atoms with Gasteiger partial charge in [-0.3, -0.25) is 14.4 Å². The third-order valence-electron chi connectivity index (χ3n) is 8.36. The fraction of sp³-hybridized carbons (Fsp3) is 0.868. The number of amides is 1. The van der Waals surface area contributed by atoms with Crippen molar-refractivity contribution in [2.75, 3.05) is 6.61 Å². The van der Waals surface area contributed by atoms with Crippen LogP contribution in [-0.4, -0.2) is 46.8 Å². The number of aliphatic hydroxyl groups is 1. The number of carboxylic acid groups (broad SMARTS) is 1. The van der Waals surface area contributed by atoms with Gasteiger partial charge >= 0.3 is 11.9 Å². The van der Waals surface area contributed by atoms with Gasteiger partial charge in [0.2, 0.25) is 5.91 Å². The molecule has 0 aliphatic rings. The Labute approximate surface area is 276 Å². The van der Waals surface area contributed by atoms with Gasteiger partial charge in [-0.2, -0.15) is 0 Å². The van der Waals surface area contributed by atoms with E-state index in [0.29, 0.717) is 12.8 Å². The van der Waals surface area contributed by atoms with Crippen molar-refractivity contribution in [3.05, 3.63) is 0 Å². The molecular weight excluding hydrogens is 566 g/mol. The number of aliphatic hydroxyl groups excluding tert-OH is 1. The van der Waals surface area contributed by atoms with Gasteiger partial charge in [-0.05, 0) is 12.8 Å². The summed E-state index contributed by atoms with van der Waals surface area (Å²) < 4.78 is 5.17. The number of rotatable bonds is 32. The maximum absolute atomic E-state index is 12.6. The highest BCUT2D eigenvalue weighted by Gasteiger charge is 2.22. The predicted molar refractivity (Wildman–Crippen MR) is 185 cm³/mol. The second kappa shape index (κ2) is 33.3. The lowest BCUT2D eigenvalue weighted by Crippen LogP contribution is -2.46. The van der Waals surface area contributed by atoms with Gasteiger partial charge in [-0.15, -0.1) is 5.92 Å². The van der Waals surface area contributed by atoms with Crippen LogP contribution in [0.4, 0.5) is 0 Å². The van der Waals surface area contributed by atoms with Gasteiger partial charge in [0.25, 0.3) is 0 Å². The first-order chi connectivity index (χ1) is 21.9. The van der Waals surface area contributed by atoms with Crippen LogP contribution in [-0.2, 0) is 19.1 Å². The maximum atomic E-state index is 12.6. The monoisotopic (exact) mass is 636 g/mol. The zero-order valence-electron chi connectivity index (χ0n) is 29.2. The molecule has 0 unspecified atom stereocenters. The lowest BCUT2D eigenvalue weighted by molar-refractivity contribution is -0.149. The molecule has 0 fully saturated rings. The zero-order chi connectivity index (χ0) is 33.2. The van der Waals surface area contributed by atoms with Crippen LogP contribution in [0, 0.1) is 11.8 Å². The number of carboxylic acids is 1. The molecule has 0 aromatic rings. The molecule has 0 bridgehead atoms. The van der Waals surface area contributed by atoms with E-state index < -0.39 is 24.1 Å². The second-order valence-electron chi connectivity index (χ2n) is 12.8. The normalized spacial score (nSPS) is 12.2. The fourth-order valence-corrected chi connectivity index (χ4v) is 5.41. The summed E-state index contributed by atoms with van der Waals surface area (Å²) in [5.74, 6) is 3.89. The quantitative estimate of drug-likeness (QED) is 0.0386. The Morgan fingerprint density at radius 2 is 1.02 bits per heavy atom. The largest absolute Gasteiger partial charge is 0.481 e. The Kier molecular flexibility index (Phi) is 31.8. The molecule has 0 spiro atoms. The van der Waals surface area contributed by atoms with E-state index in [4.69, 9.17) is 9.84 Å². The fourth-order valence-electron chi connectivity index (χ4n) is 5.41. The first-order valence-corrected chi connectivity index (χ1v) is 18.7. The number of carbonyl (C=O) groups excluding carboxylic acids is 2. The Morgan fingerprint density at radius 1 is 0.600 bits per heavy atom. The molecule has 0 aliphatic carbocycles. The molecule has 0 aromatic carbocycles. The molecule has 3 N–H and O–H groups in total. The van der Waals surface area contributed by atoms with Gasteiger partial charge in [0.05, 0.1) is 12.8 Å². The van der Waals surface area contributed by atoms with Crippen molar-refractivity contribution in [3.8, 4) is 11.8 Å². The molecule has 262 valence electrons. The minimum atomic E-state index is -1.17. The third-order valence-corrected chi connectivity index (χ3v) is 8.36. The van der Waals surface area contributed by atoms with E-state index in [-0.39, 0.29) is 25.4 Å². The number of nitrogens with one attached hydrogen (secondary N) is 1. The Bertz CT molecular complexity index is 774. The number of unbranched alkanes of at least 4 members (excludes halogenated alkanes) is 23. The van der Waals surface area contributed by atoms with Crippen LogP contribution in [0.2, 0.25) is 0 Å². The lowest BCUT2D eigenvalue weighted by atomic mass is 10.0. The standard InChI is InChI=1S/C38H69NO6/c1-3-5-7-9-11-13-15-17-19-21-23-25-27-29-35(40)34(33-45-38(44)32-31-37(42)43)39-36(41)30-28-26-24-22-20-18-16-14-12-10-8-6-4-2/h34-35,40H,3-26,28,30-33H2,1-2H3,(H,39,41)(H,42,43)/t34-,35+/m0/s1. The summed E-state index contributed by atoms with van der Waals surface area (Å²) in [7, 11) is 0. The van der Waals surface area contributed by atoms with Gasteiger partial charge in [-0.25, -0.2) is 0 Å². The van der Waals surface area contributed by atoms with Gasteiger partial charge in [-0.1, -0.05) is 161 Å². The number of carbonyl (C=O) groups is 3. The molecule has 0 saturated heterocycles. The first-order valence-electron chi connectivity index (χ1n) is 18.7. The summed E-state index contributed by atoms with van der Waals surface area (Å²) in [6.07, 6.45) is 29.1. The van der Waals surface area contributed by atoms with Gasteiger partial charge in [0, 0.05) is 12.8 Å². The summed E-state index contributed by atoms with van der Waals surface area (Å²) in [4.78, 5) is 35.3. The lowest BCUT2D eigenvalue weighted by Gasteiger charge is -2.21. The molecule has 0 radical (unpaired) electrons. The highest BCUT2D eigenvalue weighted by atomic mass is 16.5. The molecule has 0 rings (SSSR count). The highest BCUT2D eigenvalue weighted by molar-refractivity contribution is 5.77. The molecule has 0 aliphatic heterocycles. The van der Waals surface area contributed by atoms with Crippen molar-refractivity contribution in [1.29, 1.82) is 0 Å². The average Bonchev–Trinajstić information content (AvgIpc) is 3.02. The Morgan fingerprint density at radius 3 is 1.47 bits per heavy atom. The smallest absolute Gasteiger partial charge is 0.306 e. The second-order valence-corrected chi connectivity index (χ2v) is 12.8. The number of esters is 1. The van der Waals surface area contributed by atoms with E-state index in [1.54, 1.807) is 0 Å². The summed E-state index contributed by atoms with van der Waals surface area (Å²) in [5, 5.41) is 22.3. The first kappa shape index (κ1) is 42.9. The van der Waals surface area contributed by atoms with Crippen molar-refractivity contribution < 1.29 is 29.3 Å². The van der Waals surface area contributed by atoms with Crippen molar-refractivity contribution in [2.24, 2.45) is 0 Å². The zero-order valence-corrected chi connectivity index (χ0v) is 29.2. The van der Waals surface area contributed by atoms with E-state index in [2.05, 4.69) is 31.0 Å². The van der Waals surface area contributed by atoms with Crippen LogP contribution >= 0.6 is 0 Å². The number of hydrogen-bond donors (Lipinski definition) is 3. The molecule has 45 heavy (non-hydrogen) atoms. The number of ether oxygens (including phenoxy) is 1. The summed E-state index contributed by atoms with van der Waals surface area (Å²) in [6.45, 7) is 4.25. The summed E-state index contributed by atoms with van der Waals surface area (Å²) in [5.41, 5.74) is 0. The highest BCUT2D eigenvalue weighted by Crippen LogP contribution is 2.14. The van der Waals surface area contributed by atoms with E-state index in [9.17, 15) is 19.5 Å². The molecular formula is C38H69NO6. The van der Waals surface area contributed by atoms with E-state index in [0.717, 1.165) is 32.1 Å². The van der Waals surface area contributed by atoms with Crippen LogP contribution in [0.3, 0.4) is 0 Å². The van der Waals surface area contributed by atoms with E-state index >= 15 is 0 Å². The Balaban J connectivity index is 4.30. The van der Waals surface area contributed by atoms with Crippen molar-refractivity contribution in [1.82, 2.24) is 5.32 Å². The molecule has 0 aromatic heterocycles. The van der Waals surface area contributed by atoms with Crippen LogP contribution in [0.5, 0.6) is 0 Å². The van der Waals surface area contributed by atoms with Crippen molar-refractivity contribution in [3.63, 3.8) is 0 Å². The van der Waals surface area contributed by atoms with Crippen LogP contribution in [0.15, 0.2) is 0 Å². The number of hydrogen-bond acceptors (Lipinski definition) is 5. The summed E-state index contributed by atoms with van der Waals surface area (Å²) in [6, 6.07) is -0.849. The van der Waals surface area contributed by atoms with Gasteiger partial charge in [0.15, 0.2) is 0 Å². The average molecular weight is 636 g/mol.